The van der Waals surface area contributed by atoms with E-state index in [1.54, 1.807) is 36.6 Å². The van der Waals surface area contributed by atoms with Crippen LogP contribution in [0.4, 0.5) is 5.13 Å². The summed E-state index contributed by atoms with van der Waals surface area (Å²) in [6, 6.07) is 6.74. The van der Waals surface area contributed by atoms with Crippen molar-refractivity contribution in [1.29, 1.82) is 0 Å². The van der Waals surface area contributed by atoms with Crippen molar-refractivity contribution in [2.24, 2.45) is 0 Å². The van der Waals surface area contributed by atoms with E-state index in [0.717, 1.165) is 10.2 Å². The van der Waals surface area contributed by atoms with Gasteiger partial charge in [-0.2, -0.15) is 0 Å². The van der Waals surface area contributed by atoms with Gasteiger partial charge in [-0.1, -0.05) is 22.0 Å². The summed E-state index contributed by atoms with van der Waals surface area (Å²) in [7, 11) is 0. The predicted molar refractivity (Wildman–Crippen MR) is 92.9 cm³/mol. The largest absolute Gasteiger partial charge is 0.454 e. The van der Waals surface area contributed by atoms with Crippen molar-refractivity contribution in [3.05, 3.63) is 45.4 Å². The zero-order valence-electron chi connectivity index (χ0n) is 12.7. The van der Waals surface area contributed by atoms with Crippen LogP contribution >= 0.6 is 27.3 Å². The monoisotopic (exact) mass is 411 g/mol. The fourth-order valence-electron chi connectivity index (χ4n) is 1.65. The molecule has 2 rings (SSSR count). The van der Waals surface area contributed by atoms with Crippen LogP contribution in [0.3, 0.4) is 0 Å². The number of amides is 2. The third kappa shape index (κ3) is 5.74. The van der Waals surface area contributed by atoms with E-state index in [4.69, 9.17) is 4.74 Å². The van der Waals surface area contributed by atoms with Crippen molar-refractivity contribution < 1.29 is 19.1 Å². The Labute approximate surface area is 150 Å². The molecule has 0 unspecified atom stereocenters. The highest BCUT2D eigenvalue weighted by atomic mass is 79.9. The fraction of sp³-hybridized carbons (Fsp3) is 0.200. The number of carbonyl (C=O) groups is 3. The number of rotatable bonds is 6. The van der Waals surface area contributed by atoms with Gasteiger partial charge in [0.05, 0.1) is 5.69 Å². The second-order valence-electron chi connectivity index (χ2n) is 4.70. The number of anilines is 1. The van der Waals surface area contributed by atoms with Crippen molar-refractivity contribution in [2.75, 3.05) is 18.5 Å². The number of nitrogens with one attached hydrogen (secondary N) is 2. The minimum atomic E-state index is -0.705. The zero-order chi connectivity index (χ0) is 17.5. The Morgan fingerprint density at radius 3 is 2.79 bits per heavy atom. The Morgan fingerprint density at radius 1 is 1.33 bits per heavy atom. The molecule has 0 bridgehead atoms. The van der Waals surface area contributed by atoms with Gasteiger partial charge in [-0.05, 0) is 25.1 Å². The van der Waals surface area contributed by atoms with Crippen molar-refractivity contribution >= 4 is 50.2 Å². The first-order valence-corrected chi connectivity index (χ1v) is 8.52. The summed E-state index contributed by atoms with van der Waals surface area (Å²) >= 11 is 4.54. The predicted octanol–water partition coefficient (Wildman–Crippen LogP) is 2.13. The van der Waals surface area contributed by atoms with E-state index >= 15 is 0 Å². The van der Waals surface area contributed by atoms with Gasteiger partial charge in [-0.25, -0.2) is 4.98 Å². The molecule has 0 aliphatic carbocycles. The molecule has 2 amide bonds. The van der Waals surface area contributed by atoms with E-state index in [1.807, 2.05) is 0 Å². The van der Waals surface area contributed by atoms with E-state index < -0.39 is 24.4 Å². The molecule has 0 radical (unpaired) electrons. The average molecular weight is 412 g/mol. The van der Waals surface area contributed by atoms with Crippen LogP contribution in [0, 0.1) is 6.92 Å². The van der Waals surface area contributed by atoms with Gasteiger partial charge in [-0.15, -0.1) is 11.3 Å². The van der Waals surface area contributed by atoms with Gasteiger partial charge in [0, 0.05) is 15.4 Å². The van der Waals surface area contributed by atoms with Crippen LogP contribution in [0.2, 0.25) is 0 Å². The molecule has 7 nitrogen and oxygen atoms in total. The molecular formula is C15H14BrN3O4S. The van der Waals surface area contributed by atoms with Crippen LogP contribution in [0.5, 0.6) is 0 Å². The quantitative estimate of drug-likeness (QED) is 0.709. The van der Waals surface area contributed by atoms with Crippen LogP contribution in [0.1, 0.15) is 16.1 Å². The Bertz CT molecular complexity index is 763. The van der Waals surface area contributed by atoms with Gasteiger partial charge in [0.25, 0.3) is 11.8 Å². The maximum atomic E-state index is 11.9. The molecule has 1 aromatic heterocycles. The Balaban J connectivity index is 1.71. The number of benzene rings is 1. The number of hydrogen-bond acceptors (Lipinski definition) is 6. The van der Waals surface area contributed by atoms with E-state index in [2.05, 4.69) is 31.5 Å². The molecule has 1 heterocycles. The molecule has 0 aliphatic rings. The third-order valence-corrected chi connectivity index (χ3v) is 4.08. The number of aryl methyl sites for hydroxylation is 1. The number of esters is 1. The highest BCUT2D eigenvalue weighted by Crippen LogP contribution is 2.14. The number of thiazole rings is 1. The van der Waals surface area contributed by atoms with Crippen molar-refractivity contribution in [1.82, 2.24) is 10.3 Å². The minimum Gasteiger partial charge on any atom is -0.454 e. The second kappa shape index (κ2) is 8.55. The summed E-state index contributed by atoms with van der Waals surface area (Å²) in [6.07, 6.45) is 0. The third-order valence-electron chi connectivity index (χ3n) is 2.71. The number of nitrogens with zero attached hydrogens (tertiary/aromatic N) is 1. The Hall–Kier alpha value is -2.26. The summed E-state index contributed by atoms with van der Waals surface area (Å²) in [4.78, 5) is 39.1. The Morgan fingerprint density at radius 2 is 2.12 bits per heavy atom. The zero-order valence-corrected chi connectivity index (χ0v) is 15.1. The van der Waals surface area contributed by atoms with Gasteiger partial charge >= 0.3 is 5.97 Å². The fourth-order valence-corrected chi connectivity index (χ4v) is 2.75. The number of hydrogen-bond donors (Lipinski definition) is 2. The highest BCUT2D eigenvalue weighted by Gasteiger charge is 2.12. The molecule has 0 saturated heterocycles. The van der Waals surface area contributed by atoms with Gasteiger partial charge in [-0.3, -0.25) is 19.7 Å². The molecule has 2 N–H and O–H groups in total. The maximum Gasteiger partial charge on any atom is 0.325 e. The van der Waals surface area contributed by atoms with Crippen LogP contribution in [-0.2, 0) is 14.3 Å². The van der Waals surface area contributed by atoms with E-state index in [0.29, 0.717) is 10.7 Å². The average Bonchev–Trinajstić information content (AvgIpc) is 2.95. The van der Waals surface area contributed by atoms with Gasteiger partial charge in [0.15, 0.2) is 11.7 Å². The lowest BCUT2D eigenvalue weighted by atomic mass is 10.2. The summed E-state index contributed by atoms with van der Waals surface area (Å²) < 4.78 is 5.55. The van der Waals surface area contributed by atoms with Gasteiger partial charge < -0.3 is 10.1 Å². The summed E-state index contributed by atoms with van der Waals surface area (Å²) in [6.45, 7) is 1.04. The van der Waals surface area contributed by atoms with Crippen LogP contribution < -0.4 is 10.6 Å². The molecule has 0 aliphatic heterocycles. The molecule has 126 valence electrons. The maximum absolute atomic E-state index is 11.9. The molecule has 0 fully saturated rings. The molecular weight excluding hydrogens is 398 g/mol. The lowest BCUT2D eigenvalue weighted by molar-refractivity contribution is -0.146. The number of aromatic nitrogens is 1. The molecule has 1 aromatic carbocycles. The first kappa shape index (κ1) is 18.1. The molecule has 0 atom stereocenters. The first-order chi connectivity index (χ1) is 11.4. The number of carbonyl (C=O) groups excluding carboxylic acids is 3. The normalized spacial score (nSPS) is 10.1. The highest BCUT2D eigenvalue weighted by molar-refractivity contribution is 9.10. The molecule has 2 aromatic rings. The Kier molecular flexibility index (Phi) is 6.44. The SMILES string of the molecule is Cc1csc(NC(=O)COC(=O)CNC(=O)c2cccc(Br)c2)n1. The molecule has 0 saturated carbocycles. The standard InChI is InChI=1S/C15H14BrN3O4S/c1-9-8-24-15(18-9)19-12(20)7-23-13(21)6-17-14(22)10-3-2-4-11(16)5-10/h2-5,8H,6-7H2,1H3,(H,17,22)(H,18,19,20). The van der Waals surface area contributed by atoms with E-state index in [-0.39, 0.29) is 6.54 Å². The van der Waals surface area contributed by atoms with Crippen LogP contribution in [0.25, 0.3) is 0 Å². The minimum absolute atomic E-state index is 0.324. The van der Waals surface area contributed by atoms with Crippen molar-refractivity contribution in [2.45, 2.75) is 6.92 Å². The summed E-state index contributed by atoms with van der Waals surface area (Å²) in [5.74, 6) is -1.60. The van der Waals surface area contributed by atoms with Crippen molar-refractivity contribution in [3.63, 3.8) is 0 Å². The van der Waals surface area contributed by atoms with E-state index in [1.165, 1.54) is 11.3 Å². The molecule has 0 spiro atoms. The number of halogens is 1. The van der Waals surface area contributed by atoms with Crippen molar-refractivity contribution in [3.8, 4) is 0 Å². The number of ether oxygens (including phenoxy) is 1. The molecule has 9 heteroatoms. The smallest absolute Gasteiger partial charge is 0.325 e. The lowest BCUT2D eigenvalue weighted by Crippen LogP contribution is -2.32. The first-order valence-electron chi connectivity index (χ1n) is 6.85. The molecule has 24 heavy (non-hydrogen) atoms. The summed E-state index contributed by atoms with van der Waals surface area (Å²) in [5, 5.41) is 7.17. The topological polar surface area (TPSA) is 97.4 Å². The van der Waals surface area contributed by atoms with Crippen LogP contribution in [0.15, 0.2) is 34.1 Å². The lowest BCUT2D eigenvalue weighted by Gasteiger charge is -2.06. The van der Waals surface area contributed by atoms with Gasteiger partial charge in [0.1, 0.15) is 6.54 Å². The summed E-state index contributed by atoms with van der Waals surface area (Å²) in [5.41, 5.74) is 1.21. The second-order valence-corrected chi connectivity index (χ2v) is 6.47. The van der Waals surface area contributed by atoms with Crippen LogP contribution in [-0.4, -0.2) is 35.9 Å². The van der Waals surface area contributed by atoms with E-state index in [9.17, 15) is 14.4 Å². The van der Waals surface area contributed by atoms with Gasteiger partial charge in [0.2, 0.25) is 0 Å².